The third-order valence-corrected chi connectivity index (χ3v) is 3.88. The SMILES string of the molecule is CN(C)CCC(c1ccc(OCc2ccccc2)cc1)N(N)/N=C\N. The Morgan fingerprint density at radius 2 is 1.76 bits per heavy atom. The third kappa shape index (κ3) is 6.10. The van der Waals surface area contributed by atoms with Crippen molar-refractivity contribution >= 4 is 6.34 Å². The van der Waals surface area contributed by atoms with Crippen LogP contribution in [-0.4, -0.2) is 37.0 Å². The van der Waals surface area contributed by atoms with Gasteiger partial charge in [-0.2, -0.15) is 5.10 Å². The minimum absolute atomic E-state index is 0.0506. The molecule has 4 N–H and O–H groups in total. The fourth-order valence-corrected chi connectivity index (χ4v) is 2.52. The van der Waals surface area contributed by atoms with E-state index < -0.39 is 0 Å². The number of hydrazine groups is 1. The molecule has 1 unspecified atom stereocenters. The first kappa shape index (κ1) is 18.8. The van der Waals surface area contributed by atoms with Gasteiger partial charge >= 0.3 is 0 Å². The van der Waals surface area contributed by atoms with Gasteiger partial charge in [0, 0.05) is 0 Å². The van der Waals surface area contributed by atoms with Crippen LogP contribution in [0.1, 0.15) is 23.6 Å². The van der Waals surface area contributed by atoms with Gasteiger partial charge in [0.25, 0.3) is 0 Å². The molecule has 0 bridgehead atoms. The smallest absolute Gasteiger partial charge is 0.119 e. The molecule has 0 saturated heterocycles. The highest BCUT2D eigenvalue weighted by molar-refractivity contribution is 5.50. The average molecular weight is 341 g/mol. The molecule has 2 aromatic rings. The van der Waals surface area contributed by atoms with E-state index in [0.717, 1.165) is 29.8 Å². The Labute approximate surface area is 149 Å². The number of rotatable bonds is 9. The minimum atomic E-state index is -0.0506. The van der Waals surface area contributed by atoms with Crippen molar-refractivity contribution in [2.24, 2.45) is 16.7 Å². The summed E-state index contributed by atoms with van der Waals surface area (Å²) in [6.07, 6.45) is 2.05. The summed E-state index contributed by atoms with van der Waals surface area (Å²) in [5.74, 6) is 6.85. The summed E-state index contributed by atoms with van der Waals surface area (Å²) >= 11 is 0. The van der Waals surface area contributed by atoms with Crippen molar-refractivity contribution in [1.82, 2.24) is 10.0 Å². The van der Waals surface area contributed by atoms with Crippen LogP contribution < -0.4 is 16.3 Å². The van der Waals surface area contributed by atoms with Crippen LogP contribution in [0.4, 0.5) is 0 Å². The van der Waals surface area contributed by atoms with Crippen molar-refractivity contribution in [3.8, 4) is 5.75 Å². The Morgan fingerprint density at radius 3 is 2.36 bits per heavy atom. The Bertz CT molecular complexity index is 643. The summed E-state index contributed by atoms with van der Waals surface area (Å²) < 4.78 is 5.83. The second kappa shape index (κ2) is 9.66. The molecule has 134 valence electrons. The molecule has 2 aromatic carbocycles. The van der Waals surface area contributed by atoms with Crippen LogP contribution in [0.3, 0.4) is 0 Å². The number of hydrogen-bond donors (Lipinski definition) is 2. The summed E-state index contributed by atoms with van der Waals surface area (Å²) in [4.78, 5) is 2.12. The van der Waals surface area contributed by atoms with Crippen LogP contribution in [0.2, 0.25) is 0 Å². The molecule has 0 aliphatic rings. The summed E-state index contributed by atoms with van der Waals surface area (Å²) in [5.41, 5.74) is 7.59. The van der Waals surface area contributed by atoms with Crippen molar-refractivity contribution in [1.29, 1.82) is 0 Å². The lowest BCUT2D eigenvalue weighted by atomic mass is 10.0. The van der Waals surface area contributed by atoms with Gasteiger partial charge in [-0.3, -0.25) is 0 Å². The van der Waals surface area contributed by atoms with E-state index >= 15 is 0 Å². The highest BCUT2D eigenvalue weighted by Gasteiger charge is 2.17. The zero-order valence-corrected chi connectivity index (χ0v) is 14.9. The monoisotopic (exact) mass is 341 g/mol. The molecule has 0 aliphatic carbocycles. The Hall–Kier alpha value is -2.57. The fraction of sp³-hybridized carbons (Fsp3) is 0.316. The molecule has 0 amide bonds. The van der Waals surface area contributed by atoms with Crippen LogP contribution in [0.25, 0.3) is 0 Å². The van der Waals surface area contributed by atoms with Crippen molar-refractivity contribution < 1.29 is 4.74 Å². The molecule has 0 heterocycles. The maximum atomic E-state index is 6.03. The molecule has 0 radical (unpaired) electrons. The largest absolute Gasteiger partial charge is 0.489 e. The summed E-state index contributed by atoms with van der Waals surface area (Å²) in [6, 6.07) is 18.0. The Balaban J connectivity index is 2.03. The van der Waals surface area contributed by atoms with E-state index in [4.69, 9.17) is 16.3 Å². The van der Waals surface area contributed by atoms with E-state index in [1.807, 2.05) is 68.7 Å². The number of hydrogen-bond acceptors (Lipinski definition) is 5. The van der Waals surface area contributed by atoms with Crippen LogP contribution in [0, 0.1) is 0 Å². The summed E-state index contributed by atoms with van der Waals surface area (Å²) in [5, 5.41) is 5.40. The average Bonchev–Trinajstić information content (AvgIpc) is 2.62. The van der Waals surface area contributed by atoms with Gasteiger partial charge in [-0.05, 0) is 50.3 Å². The van der Waals surface area contributed by atoms with E-state index in [-0.39, 0.29) is 6.04 Å². The zero-order chi connectivity index (χ0) is 18.1. The molecule has 0 fully saturated rings. The summed E-state index contributed by atoms with van der Waals surface area (Å²) in [7, 11) is 4.06. The van der Waals surface area contributed by atoms with Crippen LogP contribution >= 0.6 is 0 Å². The van der Waals surface area contributed by atoms with Crippen molar-refractivity contribution in [2.75, 3.05) is 20.6 Å². The zero-order valence-electron chi connectivity index (χ0n) is 14.9. The lowest BCUT2D eigenvalue weighted by Crippen LogP contribution is -2.33. The lowest BCUT2D eigenvalue weighted by molar-refractivity contribution is 0.187. The van der Waals surface area contributed by atoms with Crippen LogP contribution in [0.15, 0.2) is 59.7 Å². The Kier molecular flexibility index (Phi) is 7.25. The third-order valence-electron chi connectivity index (χ3n) is 3.88. The van der Waals surface area contributed by atoms with E-state index in [1.54, 1.807) is 0 Å². The quantitative estimate of drug-likeness (QED) is 0.317. The Morgan fingerprint density at radius 1 is 1.08 bits per heavy atom. The van der Waals surface area contributed by atoms with Crippen LogP contribution in [-0.2, 0) is 6.61 Å². The molecule has 2 rings (SSSR count). The molecular formula is C19H27N5O. The van der Waals surface area contributed by atoms with Gasteiger partial charge in [0.1, 0.15) is 18.7 Å². The van der Waals surface area contributed by atoms with E-state index in [1.165, 1.54) is 11.5 Å². The lowest BCUT2D eigenvalue weighted by Gasteiger charge is -2.26. The first-order chi connectivity index (χ1) is 12.1. The predicted molar refractivity (Wildman–Crippen MR) is 102 cm³/mol. The molecule has 0 spiro atoms. The molecule has 1 atom stereocenters. The topological polar surface area (TPSA) is 80.1 Å². The van der Waals surface area contributed by atoms with Gasteiger partial charge in [0.15, 0.2) is 0 Å². The van der Waals surface area contributed by atoms with Crippen molar-refractivity contribution in [2.45, 2.75) is 19.1 Å². The molecule has 6 nitrogen and oxygen atoms in total. The number of ether oxygens (including phenoxy) is 1. The van der Waals surface area contributed by atoms with Crippen molar-refractivity contribution in [3.05, 3.63) is 65.7 Å². The number of hydrazone groups is 1. The second-order valence-electron chi connectivity index (χ2n) is 6.10. The predicted octanol–water partition coefficient (Wildman–Crippen LogP) is 2.34. The molecule has 0 saturated carbocycles. The van der Waals surface area contributed by atoms with Gasteiger partial charge in [0.05, 0.1) is 6.04 Å². The summed E-state index contributed by atoms with van der Waals surface area (Å²) in [6.45, 7) is 1.44. The maximum absolute atomic E-state index is 6.03. The van der Waals surface area contributed by atoms with Gasteiger partial charge in [-0.1, -0.05) is 42.5 Å². The molecule has 25 heavy (non-hydrogen) atoms. The van der Waals surface area contributed by atoms with Gasteiger partial charge in [-0.15, -0.1) is 0 Å². The molecule has 6 heteroatoms. The van der Waals surface area contributed by atoms with Crippen LogP contribution in [0.5, 0.6) is 5.75 Å². The molecule has 0 aliphatic heterocycles. The van der Waals surface area contributed by atoms with Crippen molar-refractivity contribution in [3.63, 3.8) is 0 Å². The molecule has 0 aromatic heterocycles. The first-order valence-corrected chi connectivity index (χ1v) is 8.29. The van der Waals surface area contributed by atoms with Gasteiger partial charge < -0.3 is 15.4 Å². The number of nitrogens with zero attached hydrogens (tertiary/aromatic N) is 3. The van der Waals surface area contributed by atoms with E-state index in [2.05, 4.69) is 10.0 Å². The number of nitrogens with two attached hydrogens (primary N) is 2. The minimum Gasteiger partial charge on any atom is -0.489 e. The number of benzene rings is 2. The van der Waals surface area contributed by atoms with Gasteiger partial charge in [0.2, 0.25) is 0 Å². The maximum Gasteiger partial charge on any atom is 0.119 e. The standard InChI is InChI=1S/C19H27N5O/c1-23(2)13-12-19(24(21)22-15-20)17-8-10-18(11-9-17)25-14-16-6-4-3-5-7-16/h3-11,15,19H,12-14,21H2,1-2H3,(H2,20,22). The first-order valence-electron chi connectivity index (χ1n) is 8.29. The molecular weight excluding hydrogens is 314 g/mol. The van der Waals surface area contributed by atoms with Gasteiger partial charge in [-0.25, -0.2) is 11.0 Å². The van der Waals surface area contributed by atoms with E-state index in [0.29, 0.717) is 6.61 Å². The fourth-order valence-electron chi connectivity index (χ4n) is 2.52. The highest BCUT2D eigenvalue weighted by atomic mass is 16.5. The van der Waals surface area contributed by atoms with E-state index in [9.17, 15) is 0 Å². The normalized spacial score (nSPS) is 12.5. The second-order valence-corrected chi connectivity index (χ2v) is 6.10. The highest BCUT2D eigenvalue weighted by Crippen LogP contribution is 2.25.